The normalized spacial score (nSPS) is 15.7. The van der Waals surface area contributed by atoms with E-state index in [2.05, 4.69) is 12.2 Å². The zero-order valence-corrected chi connectivity index (χ0v) is 20.3. The van der Waals surface area contributed by atoms with E-state index in [1.807, 2.05) is 0 Å². The lowest BCUT2D eigenvalue weighted by Crippen LogP contribution is -2.30. The van der Waals surface area contributed by atoms with E-state index in [9.17, 15) is 14.4 Å². The first kappa shape index (κ1) is 24.6. The number of methoxy groups -OCH3 is 2. The SMILES string of the molecule is CCOC(=O)c1c(NC(=O)[C@@H](C)OC(=O)c2c(OC)cccc2OC)sc2c1CC[C@@H](C)C2. The van der Waals surface area contributed by atoms with Gasteiger partial charge in [-0.25, -0.2) is 9.59 Å². The van der Waals surface area contributed by atoms with Gasteiger partial charge in [-0.3, -0.25) is 4.79 Å². The highest BCUT2D eigenvalue weighted by Crippen LogP contribution is 2.40. The van der Waals surface area contributed by atoms with Crippen molar-refractivity contribution in [3.05, 3.63) is 39.8 Å². The molecule has 0 unspecified atom stereocenters. The maximum atomic E-state index is 12.9. The third-order valence-electron chi connectivity index (χ3n) is 5.51. The summed E-state index contributed by atoms with van der Waals surface area (Å²) in [5, 5.41) is 3.20. The molecule has 178 valence electrons. The van der Waals surface area contributed by atoms with E-state index >= 15 is 0 Å². The first-order chi connectivity index (χ1) is 15.8. The molecule has 0 saturated carbocycles. The molecule has 2 atom stereocenters. The maximum absolute atomic E-state index is 12.9. The Hall–Kier alpha value is -3.07. The minimum absolute atomic E-state index is 0.0925. The second kappa shape index (κ2) is 10.7. The number of hydrogen-bond acceptors (Lipinski definition) is 8. The molecule has 9 heteroatoms. The average molecular weight is 476 g/mol. The Morgan fingerprint density at radius 1 is 1.12 bits per heavy atom. The molecule has 1 N–H and O–H groups in total. The van der Waals surface area contributed by atoms with Crippen LogP contribution in [0.15, 0.2) is 18.2 Å². The van der Waals surface area contributed by atoms with Crippen molar-refractivity contribution in [2.45, 2.75) is 46.1 Å². The molecule has 33 heavy (non-hydrogen) atoms. The summed E-state index contributed by atoms with van der Waals surface area (Å²) in [6.45, 7) is 5.61. The molecule has 2 aromatic rings. The van der Waals surface area contributed by atoms with Crippen molar-refractivity contribution >= 4 is 34.2 Å². The standard InChI is InChI=1S/C24H29NO7S/c1-6-31-23(27)19-15-11-10-13(2)12-18(15)33-22(19)25-21(26)14(3)32-24(28)20-16(29-4)8-7-9-17(20)30-5/h7-9,13-14H,6,10-12H2,1-5H3,(H,25,26)/t13-,14-/m1/s1. The van der Waals surface area contributed by atoms with Crippen LogP contribution in [0.25, 0.3) is 0 Å². The third-order valence-corrected chi connectivity index (χ3v) is 6.68. The van der Waals surface area contributed by atoms with E-state index in [0.717, 1.165) is 29.7 Å². The first-order valence-corrected chi connectivity index (χ1v) is 11.7. The fraction of sp³-hybridized carbons (Fsp3) is 0.458. The van der Waals surface area contributed by atoms with Gasteiger partial charge in [0.2, 0.25) is 0 Å². The summed E-state index contributed by atoms with van der Waals surface area (Å²) in [4.78, 5) is 39.4. The molecule has 1 aromatic heterocycles. The van der Waals surface area contributed by atoms with Gasteiger partial charge in [-0.1, -0.05) is 13.0 Å². The van der Waals surface area contributed by atoms with Gasteiger partial charge in [0, 0.05) is 4.88 Å². The maximum Gasteiger partial charge on any atom is 0.346 e. The molecule has 1 heterocycles. The van der Waals surface area contributed by atoms with Gasteiger partial charge in [-0.05, 0) is 56.7 Å². The molecule has 0 fully saturated rings. The molecule has 3 rings (SSSR count). The van der Waals surface area contributed by atoms with Crippen LogP contribution in [0.2, 0.25) is 0 Å². The number of fused-ring (bicyclic) bond motifs is 1. The number of thiophene rings is 1. The van der Waals surface area contributed by atoms with Crippen molar-refractivity contribution < 1.29 is 33.3 Å². The number of nitrogens with one attached hydrogen (secondary N) is 1. The van der Waals surface area contributed by atoms with Crippen molar-refractivity contribution in [2.24, 2.45) is 5.92 Å². The van der Waals surface area contributed by atoms with E-state index < -0.39 is 23.9 Å². The van der Waals surface area contributed by atoms with Crippen molar-refractivity contribution in [1.29, 1.82) is 0 Å². The van der Waals surface area contributed by atoms with E-state index in [1.165, 1.54) is 32.5 Å². The summed E-state index contributed by atoms with van der Waals surface area (Å²) in [5.74, 6) is -0.701. The van der Waals surface area contributed by atoms with Crippen molar-refractivity contribution in [3.63, 3.8) is 0 Å². The van der Waals surface area contributed by atoms with Gasteiger partial charge in [0.15, 0.2) is 6.10 Å². The Morgan fingerprint density at radius 3 is 2.39 bits per heavy atom. The van der Waals surface area contributed by atoms with Gasteiger partial charge in [0.1, 0.15) is 22.1 Å². The number of rotatable bonds is 8. The Balaban J connectivity index is 1.80. The van der Waals surface area contributed by atoms with Crippen LogP contribution in [0.5, 0.6) is 11.5 Å². The fourth-order valence-electron chi connectivity index (χ4n) is 3.80. The zero-order chi connectivity index (χ0) is 24.1. The monoisotopic (exact) mass is 475 g/mol. The van der Waals surface area contributed by atoms with Crippen LogP contribution in [0.4, 0.5) is 5.00 Å². The number of carbonyl (C=O) groups is 3. The second-order valence-corrected chi connectivity index (χ2v) is 8.96. The quantitative estimate of drug-likeness (QED) is 0.570. The number of anilines is 1. The molecule has 0 bridgehead atoms. The smallest absolute Gasteiger partial charge is 0.346 e. The summed E-state index contributed by atoms with van der Waals surface area (Å²) in [5.41, 5.74) is 1.44. The van der Waals surface area contributed by atoms with E-state index in [1.54, 1.807) is 25.1 Å². The molecule has 0 radical (unpaired) electrons. The van der Waals surface area contributed by atoms with Crippen LogP contribution in [0, 0.1) is 5.92 Å². The Kier molecular flexibility index (Phi) is 7.97. The highest BCUT2D eigenvalue weighted by atomic mass is 32.1. The van der Waals surface area contributed by atoms with Crippen molar-refractivity contribution in [2.75, 3.05) is 26.1 Å². The van der Waals surface area contributed by atoms with Crippen LogP contribution < -0.4 is 14.8 Å². The van der Waals surface area contributed by atoms with Gasteiger partial charge >= 0.3 is 11.9 Å². The minimum atomic E-state index is -1.12. The molecular formula is C24H29NO7S. The highest BCUT2D eigenvalue weighted by Gasteiger charge is 2.31. The van der Waals surface area contributed by atoms with Crippen LogP contribution in [0.1, 0.15) is 58.3 Å². The van der Waals surface area contributed by atoms with Crippen LogP contribution in [-0.4, -0.2) is 44.8 Å². The predicted octanol–water partition coefficient (Wildman–Crippen LogP) is 4.25. The third kappa shape index (κ3) is 5.30. The molecule has 0 saturated heterocycles. The number of benzene rings is 1. The minimum Gasteiger partial charge on any atom is -0.496 e. The van der Waals surface area contributed by atoms with E-state index in [0.29, 0.717) is 16.5 Å². The molecule has 8 nitrogen and oxygen atoms in total. The number of esters is 2. The van der Waals surface area contributed by atoms with Gasteiger partial charge in [-0.2, -0.15) is 0 Å². The van der Waals surface area contributed by atoms with E-state index in [-0.39, 0.29) is 23.7 Å². The predicted molar refractivity (Wildman–Crippen MR) is 125 cm³/mol. The van der Waals surface area contributed by atoms with Crippen LogP contribution in [0.3, 0.4) is 0 Å². The largest absolute Gasteiger partial charge is 0.496 e. The molecule has 0 aliphatic heterocycles. The zero-order valence-electron chi connectivity index (χ0n) is 19.5. The number of carbonyl (C=O) groups excluding carboxylic acids is 3. The molecular weight excluding hydrogens is 446 g/mol. The highest BCUT2D eigenvalue weighted by molar-refractivity contribution is 7.17. The first-order valence-electron chi connectivity index (χ1n) is 10.8. The van der Waals surface area contributed by atoms with Crippen LogP contribution in [-0.2, 0) is 27.1 Å². The number of amides is 1. The molecule has 1 aliphatic carbocycles. The number of ether oxygens (including phenoxy) is 4. The van der Waals surface area contributed by atoms with Crippen molar-refractivity contribution in [3.8, 4) is 11.5 Å². The molecule has 1 aliphatic rings. The van der Waals surface area contributed by atoms with Gasteiger partial charge in [0.05, 0.1) is 26.4 Å². The lowest BCUT2D eigenvalue weighted by molar-refractivity contribution is -0.123. The lowest BCUT2D eigenvalue weighted by Gasteiger charge is -2.18. The summed E-state index contributed by atoms with van der Waals surface area (Å²) < 4.78 is 21.1. The van der Waals surface area contributed by atoms with E-state index in [4.69, 9.17) is 18.9 Å². The topological polar surface area (TPSA) is 100 Å². The molecule has 1 aromatic carbocycles. The summed E-state index contributed by atoms with van der Waals surface area (Å²) >= 11 is 1.38. The Morgan fingerprint density at radius 2 is 1.79 bits per heavy atom. The number of hydrogen-bond donors (Lipinski definition) is 1. The Bertz CT molecular complexity index is 1020. The van der Waals surface area contributed by atoms with Crippen LogP contribution >= 0.6 is 11.3 Å². The lowest BCUT2D eigenvalue weighted by atomic mass is 9.88. The van der Waals surface area contributed by atoms with Crippen molar-refractivity contribution in [1.82, 2.24) is 0 Å². The van der Waals surface area contributed by atoms with Gasteiger partial charge in [0.25, 0.3) is 5.91 Å². The second-order valence-electron chi connectivity index (χ2n) is 7.85. The fourth-order valence-corrected chi connectivity index (χ4v) is 5.20. The van der Waals surface area contributed by atoms with Gasteiger partial charge in [-0.15, -0.1) is 11.3 Å². The average Bonchev–Trinajstić information content (AvgIpc) is 3.15. The summed E-state index contributed by atoms with van der Waals surface area (Å²) in [6.07, 6.45) is 1.45. The molecule has 0 spiro atoms. The summed E-state index contributed by atoms with van der Waals surface area (Å²) in [6, 6.07) is 4.89. The molecule has 1 amide bonds. The Labute approximate surface area is 197 Å². The summed E-state index contributed by atoms with van der Waals surface area (Å²) in [7, 11) is 2.86. The van der Waals surface area contributed by atoms with Gasteiger partial charge < -0.3 is 24.3 Å².